The van der Waals surface area contributed by atoms with Crippen LogP contribution in [0.3, 0.4) is 0 Å². The van der Waals surface area contributed by atoms with Crippen molar-refractivity contribution in [2.45, 2.75) is 57.8 Å². The molecule has 0 spiro atoms. The Hall–Kier alpha value is -1.97. The second-order valence-electron chi connectivity index (χ2n) is 8.66. The molecule has 2 fully saturated rings. The first-order valence-electron chi connectivity index (χ1n) is 10.5. The summed E-state index contributed by atoms with van der Waals surface area (Å²) in [7, 11) is 1.19. The molecule has 2 aliphatic carbocycles. The summed E-state index contributed by atoms with van der Waals surface area (Å²) in [4.78, 5) is 11.7. The number of ether oxygens (including phenoxy) is 1. The van der Waals surface area contributed by atoms with Crippen LogP contribution in [0, 0.1) is 29.4 Å². The summed E-state index contributed by atoms with van der Waals surface area (Å²) < 4.78 is 33.8. The van der Waals surface area contributed by atoms with E-state index >= 15 is 0 Å². The minimum Gasteiger partial charge on any atom is -0.465 e. The Bertz CT molecular complexity index is 892. The number of hydrogen-bond donors (Lipinski definition) is 0. The highest BCUT2D eigenvalue weighted by atomic mass is 19.1. The Balaban J connectivity index is 1.61. The lowest BCUT2D eigenvalue weighted by Crippen LogP contribution is -2.30. The molecule has 0 radical (unpaired) electrons. The van der Waals surface area contributed by atoms with Crippen LogP contribution >= 0.6 is 0 Å². The molecule has 150 valence electrons. The van der Waals surface area contributed by atoms with Crippen molar-refractivity contribution in [3.63, 3.8) is 0 Å². The normalized spacial score (nSPS) is 27.4. The summed E-state index contributed by atoms with van der Waals surface area (Å²) in [6.07, 6.45) is 8.62. The SMILES string of the molecule is CCC1CCC2CC(c3cc(F)c4cc(C(=O)OC)c(F)cc4c3)CCC2C1. The summed E-state index contributed by atoms with van der Waals surface area (Å²) in [5, 5.41) is 0.777. The topological polar surface area (TPSA) is 26.3 Å². The van der Waals surface area contributed by atoms with Gasteiger partial charge in [0.2, 0.25) is 0 Å². The highest BCUT2D eigenvalue weighted by Gasteiger charge is 2.35. The summed E-state index contributed by atoms with van der Waals surface area (Å²) in [6, 6.07) is 6.01. The molecule has 28 heavy (non-hydrogen) atoms. The number of fused-ring (bicyclic) bond motifs is 2. The minimum absolute atomic E-state index is 0.227. The quantitative estimate of drug-likeness (QED) is 0.555. The molecule has 4 atom stereocenters. The highest BCUT2D eigenvalue weighted by Crippen LogP contribution is 2.48. The lowest BCUT2D eigenvalue weighted by Gasteiger charge is -2.42. The van der Waals surface area contributed by atoms with E-state index in [1.54, 1.807) is 6.07 Å². The Kier molecular flexibility index (Phi) is 5.39. The molecule has 2 aromatic carbocycles. The number of halogens is 2. The first-order valence-corrected chi connectivity index (χ1v) is 10.5. The van der Waals surface area contributed by atoms with Gasteiger partial charge in [-0.1, -0.05) is 25.8 Å². The lowest BCUT2D eigenvalue weighted by atomic mass is 9.63. The fourth-order valence-corrected chi connectivity index (χ4v) is 5.52. The van der Waals surface area contributed by atoms with Crippen LogP contribution in [0.2, 0.25) is 0 Å². The zero-order valence-electron chi connectivity index (χ0n) is 16.6. The Labute approximate surface area is 165 Å². The van der Waals surface area contributed by atoms with Crippen LogP contribution in [0.4, 0.5) is 8.78 Å². The third kappa shape index (κ3) is 3.54. The molecule has 0 saturated heterocycles. The van der Waals surface area contributed by atoms with Crippen LogP contribution in [0.1, 0.15) is 73.7 Å². The standard InChI is InChI=1S/C24H28F2O2/c1-3-14-4-5-16-9-17(7-6-15(16)8-14)18-10-19-12-23(26)21(24(27)28-2)13-20(19)22(25)11-18/h10-17H,3-9H2,1-2H3. The van der Waals surface area contributed by atoms with E-state index in [0.717, 1.165) is 36.2 Å². The molecular formula is C24H28F2O2. The summed E-state index contributed by atoms with van der Waals surface area (Å²) in [5.74, 6) is 0.916. The van der Waals surface area contributed by atoms with E-state index in [0.29, 0.717) is 11.3 Å². The number of carbonyl (C=O) groups excluding carboxylic acids is 1. The first-order chi connectivity index (χ1) is 13.5. The van der Waals surface area contributed by atoms with Gasteiger partial charge < -0.3 is 4.74 Å². The van der Waals surface area contributed by atoms with Crippen LogP contribution in [-0.4, -0.2) is 13.1 Å². The Morgan fingerprint density at radius 3 is 2.50 bits per heavy atom. The molecule has 0 amide bonds. The second kappa shape index (κ2) is 7.81. The van der Waals surface area contributed by atoms with Crippen LogP contribution in [0.15, 0.2) is 24.3 Å². The largest absolute Gasteiger partial charge is 0.465 e. The van der Waals surface area contributed by atoms with Crippen LogP contribution < -0.4 is 0 Å². The summed E-state index contributed by atoms with van der Waals surface area (Å²) in [6.45, 7) is 2.29. The number of esters is 1. The van der Waals surface area contributed by atoms with Crippen LogP contribution in [0.25, 0.3) is 10.8 Å². The van der Waals surface area contributed by atoms with E-state index in [1.807, 2.05) is 6.07 Å². The average Bonchev–Trinajstić information content (AvgIpc) is 2.71. The molecule has 4 heteroatoms. The number of benzene rings is 2. The van der Waals surface area contributed by atoms with Gasteiger partial charge in [-0.2, -0.15) is 0 Å². The smallest absolute Gasteiger partial charge is 0.340 e. The maximum atomic E-state index is 14.8. The molecule has 0 heterocycles. The van der Waals surface area contributed by atoms with Crippen LogP contribution in [0.5, 0.6) is 0 Å². The molecule has 2 nitrogen and oxygen atoms in total. The highest BCUT2D eigenvalue weighted by molar-refractivity contribution is 5.96. The number of rotatable bonds is 3. The van der Waals surface area contributed by atoms with Gasteiger partial charge in [0, 0.05) is 5.39 Å². The third-order valence-electron chi connectivity index (χ3n) is 7.19. The summed E-state index contributed by atoms with van der Waals surface area (Å²) in [5.41, 5.74) is 0.737. The molecule has 0 N–H and O–H groups in total. The third-order valence-corrected chi connectivity index (χ3v) is 7.19. The van der Waals surface area contributed by atoms with E-state index < -0.39 is 17.6 Å². The van der Waals surface area contributed by atoms with E-state index in [9.17, 15) is 13.6 Å². The summed E-state index contributed by atoms with van der Waals surface area (Å²) >= 11 is 0. The minimum atomic E-state index is -0.788. The number of hydrogen-bond acceptors (Lipinski definition) is 2. The van der Waals surface area contributed by atoms with Gasteiger partial charge >= 0.3 is 5.97 Å². The van der Waals surface area contributed by atoms with E-state index in [4.69, 9.17) is 0 Å². The van der Waals surface area contributed by atoms with Crippen molar-refractivity contribution in [2.24, 2.45) is 17.8 Å². The van der Waals surface area contributed by atoms with Gasteiger partial charge in [-0.25, -0.2) is 13.6 Å². The van der Waals surface area contributed by atoms with Gasteiger partial charge in [0.05, 0.1) is 12.7 Å². The molecule has 2 aliphatic rings. The zero-order valence-corrected chi connectivity index (χ0v) is 16.6. The zero-order chi connectivity index (χ0) is 19.8. The fraction of sp³-hybridized carbons (Fsp3) is 0.542. The maximum absolute atomic E-state index is 14.8. The van der Waals surface area contributed by atoms with Crippen molar-refractivity contribution in [3.8, 4) is 0 Å². The Morgan fingerprint density at radius 1 is 1.00 bits per heavy atom. The molecule has 2 aromatic rings. The predicted molar refractivity (Wildman–Crippen MR) is 106 cm³/mol. The maximum Gasteiger partial charge on any atom is 0.340 e. The monoisotopic (exact) mass is 386 g/mol. The van der Waals surface area contributed by atoms with Gasteiger partial charge in [-0.15, -0.1) is 0 Å². The number of carbonyl (C=O) groups is 1. The molecule has 4 rings (SSSR count). The van der Waals surface area contributed by atoms with Gasteiger partial charge in [-0.05, 0) is 84.9 Å². The predicted octanol–water partition coefficient (Wildman–Crippen LogP) is 6.61. The van der Waals surface area contributed by atoms with Crippen molar-refractivity contribution in [2.75, 3.05) is 7.11 Å². The van der Waals surface area contributed by atoms with Crippen molar-refractivity contribution < 1.29 is 18.3 Å². The van der Waals surface area contributed by atoms with Crippen molar-refractivity contribution in [1.29, 1.82) is 0 Å². The van der Waals surface area contributed by atoms with Crippen LogP contribution in [-0.2, 0) is 4.74 Å². The van der Waals surface area contributed by atoms with Gasteiger partial charge in [-0.3, -0.25) is 0 Å². The lowest BCUT2D eigenvalue weighted by molar-refractivity contribution is 0.0595. The van der Waals surface area contributed by atoms with Crippen molar-refractivity contribution >= 4 is 16.7 Å². The van der Waals surface area contributed by atoms with E-state index in [1.165, 1.54) is 51.3 Å². The molecule has 2 saturated carbocycles. The van der Waals surface area contributed by atoms with Gasteiger partial charge in [0.1, 0.15) is 11.6 Å². The fourth-order valence-electron chi connectivity index (χ4n) is 5.52. The second-order valence-corrected chi connectivity index (χ2v) is 8.66. The van der Waals surface area contributed by atoms with E-state index in [2.05, 4.69) is 11.7 Å². The average molecular weight is 386 g/mol. The molecule has 0 aliphatic heterocycles. The van der Waals surface area contributed by atoms with Crippen molar-refractivity contribution in [1.82, 2.24) is 0 Å². The first kappa shape index (κ1) is 19.4. The molecule has 0 aromatic heterocycles. The number of methoxy groups -OCH3 is 1. The molecule has 4 unspecified atom stereocenters. The van der Waals surface area contributed by atoms with Gasteiger partial charge in [0.15, 0.2) is 0 Å². The Morgan fingerprint density at radius 2 is 1.75 bits per heavy atom. The molecule has 0 bridgehead atoms. The molecular weight excluding hydrogens is 358 g/mol. The van der Waals surface area contributed by atoms with Gasteiger partial charge in [0.25, 0.3) is 0 Å². The van der Waals surface area contributed by atoms with E-state index in [-0.39, 0.29) is 10.9 Å². The van der Waals surface area contributed by atoms with Crippen molar-refractivity contribution in [3.05, 3.63) is 47.0 Å².